The minimum absolute atomic E-state index is 0. The Morgan fingerprint density at radius 3 is 1.56 bits per heavy atom. The van der Waals surface area contributed by atoms with Crippen LogP contribution in [-0.4, -0.2) is 92.2 Å². The SMILES string of the molecule is NCCCC(O)(P(=O)([O-])[O-])P(=O)([O-])[O-].[Ca+2].[Ca+2]. The number of rotatable bonds is 5. The zero-order chi connectivity index (χ0) is 11.6. The van der Waals surface area contributed by atoms with Crippen molar-refractivity contribution < 1.29 is 33.8 Å². The van der Waals surface area contributed by atoms with Gasteiger partial charge in [0.15, 0.2) is 0 Å². The van der Waals surface area contributed by atoms with Crippen LogP contribution in [0.3, 0.4) is 0 Å². The van der Waals surface area contributed by atoms with Crippen LogP contribution in [0.4, 0.5) is 0 Å². The largest absolute Gasteiger partial charge is 2.00 e. The fourth-order valence-corrected chi connectivity index (χ4v) is 2.83. The first-order valence-corrected chi connectivity index (χ1v) is 6.61. The van der Waals surface area contributed by atoms with Gasteiger partial charge in [-0.05, 0) is 34.6 Å². The summed E-state index contributed by atoms with van der Waals surface area (Å²) in [6, 6.07) is 0. The van der Waals surface area contributed by atoms with Gasteiger partial charge in [0.25, 0.3) is 0 Å². The zero-order valence-electron chi connectivity index (χ0n) is 8.40. The van der Waals surface area contributed by atoms with Gasteiger partial charge in [-0.1, -0.05) is 0 Å². The maximum Gasteiger partial charge on any atom is 2.00 e. The molecule has 0 fully saturated rings. The van der Waals surface area contributed by atoms with Crippen molar-refractivity contribution in [3.05, 3.63) is 0 Å². The standard InChI is InChI=1S/C4H13NO7P2.2Ca/c5-3-1-2-4(6,13(7,8)9)14(10,11)12;;/h6H,1-3,5H2,(H2,7,8,9)(H2,10,11,12);;/q;2*+2/p-4. The maximum absolute atomic E-state index is 10.4. The van der Waals surface area contributed by atoms with E-state index in [4.69, 9.17) is 10.8 Å². The molecular weight excluding hydrogens is 316 g/mol. The first-order valence-electron chi connectivity index (χ1n) is 3.53. The molecule has 0 saturated carbocycles. The number of aliphatic hydroxyl groups is 1. The van der Waals surface area contributed by atoms with Gasteiger partial charge in [0, 0.05) is 0 Å². The molecule has 12 heteroatoms. The van der Waals surface area contributed by atoms with Gasteiger partial charge in [-0.2, -0.15) is 0 Å². The fraction of sp³-hybridized carbons (Fsp3) is 1.00. The van der Waals surface area contributed by atoms with Crippen LogP contribution in [0.5, 0.6) is 0 Å². The molecule has 0 spiro atoms. The molecule has 0 aliphatic heterocycles. The van der Waals surface area contributed by atoms with Crippen molar-refractivity contribution >= 4 is 90.7 Å². The summed E-state index contributed by atoms with van der Waals surface area (Å²) < 4.78 is 20.8. The fourth-order valence-electron chi connectivity index (χ4n) is 0.763. The Morgan fingerprint density at radius 1 is 1.06 bits per heavy atom. The van der Waals surface area contributed by atoms with Crippen LogP contribution in [-0.2, 0) is 9.13 Å². The van der Waals surface area contributed by atoms with E-state index in [1.54, 1.807) is 0 Å². The molecule has 0 saturated heterocycles. The molecule has 86 valence electrons. The van der Waals surface area contributed by atoms with Gasteiger partial charge in [0.1, 0.15) is 5.08 Å². The molecule has 0 radical (unpaired) electrons. The Labute approximate surface area is 152 Å². The average Bonchev–Trinajstić information content (AvgIpc) is 1.95. The summed E-state index contributed by atoms with van der Waals surface area (Å²) >= 11 is 0. The van der Waals surface area contributed by atoms with Gasteiger partial charge in [0.05, 0.1) is 0 Å². The summed E-state index contributed by atoms with van der Waals surface area (Å²) in [5.74, 6) is 0. The molecule has 0 atom stereocenters. The van der Waals surface area contributed by atoms with Crippen molar-refractivity contribution in [3.8, 4) is 0 Å². The predicted molar refractivity (Wildman–Crippen MR) is 50.0 cm³/mol. The molecule has 8 nitrogen and oxygen atoms in total. The topological polar surface area (TPSA) is 173 Å². The van der Waals surface area contributed by atoms with Gasteiger partial charge < -0.3 is 39.5 Å². The smallest absolute Gasteiger partial charge is 0.808 e. The van der Waals surface area contributed by atoms with Crippen molar-refractivity contribution in [3.63, 3.8) is 0 Å². The van der Waals surface area contributed by atoms with Crippen LogP contribution < -0.4 is 25.3 Å². The van der Waals surface area contributed by atoms with Crippen molar-refractivity contribution in [1.29, 1.82) is 0 Å². The Balaban J connectivity index is -0.000000845. The molecule has 0 heterocycles. The van der Waals surface area contributed by atoms with Crippen LogP contribution in [0.2, 0.25) is 0 Å². The van der Waals surface area contributed by atoms with Gasteiger partial charge in [-0.3, -0.25) is 0 Å². The second-order valence-electron chi connectivity index (χ2n) is 2.66. The normalized spacial score (nSPS) is 12.6. The van der Waals surface area contributed by atoms with Gasteiger partial charge in [0.2, 0.25) is 0 Å². The van der Waals surface area contributed by atoms with E-state index in [-0.39, 0.29) is 88.4 Å². The van der Waals surface area contributed by atoms with E-state index in [9.17, 15) is 28.7 Å². The molecule has 0 bridgehead atoms. The maximum atomic E-state index is 10.4. The van der Waals surface area contributed by atoms with Crippen molar-refractivity contribution in [2.45, 2.75) is 17.9 Å². The number of hydrogen-bond acceptors (Lipinski definition) is 8. The first kappa shape index (κ1) is 23.8. The molecule has 0 unspecified atom stereocenters. The van der Waals surface area contributed by atoms with Gasteiger partial charge in [-0.25, -0.2) is 0 Å². The van der Waals surface area contributed by atoms with Crippen LogP contribution in [0.1, 0.15) is 12.8 Å². The molecule has 0 aromatic heterocycles. The monoisotopic (exact) mass is 325 g/mol. The van der Waals surface area contributed by atoms with E-state index in [0.29, 0.717) is 0 Å². The van der Waals surface area contributed by atoms with Crippen LogP contribution >= 0.6 is 15.2 Å². The predicted octanol–water partition coefficient (Wildman–Crippen LogP) is -4.56. The van der Waals surface area contributed by atoms with Gasteiger partial charge >= 0.3 is 75.5 Å². The molecule has 0 aromatic carbocycles. The second kappa shape index (κ2) is 8.82. The second-order valence-corrected chi connectivity index (χ2v) is 6.48. The Morgan fingerprint density at radius 2 is 1.38 bits per heavy atom. The van der Waals surface area contributed by atoms with E-state index in [0.717, 1.165) is 0 Å². The van der Waals surface area contributed by atoms with Crippen molar-refractivity contribution in [2.75, 3.05) is 6.54 Å². The first-order chi connectivity index (χ1) is 6.06. The summed E-state index contributed by atoms with van der Waals surface area (Å²) in [5.41, 5.74) is 4.92. The van der Waals surface area contributed by atoms with Crippen molar-refractivity contribution in [1.82, 2.24) is 0 Å². The Bertz CT molecular complexity index is 266. The van der Waals surface area contributed by atoms with E-state index in [1.165, 1.54) is 0 Å². The molecule has 0 amide bonds. The molecule has 16 heavy (non-hydrogen) atoms. The van der Waals surface area contributed by atoms with Crippen LogP contribution in [0.15, 0.2) is 0 Å². The van der Waals surface area contributed by atoms with Crippen molar-refractivity contribution in [2.24, 2.45) is 5.73 Å². The molecule has 0 aromatic rings. The van der Waals surface area contributed by atoms with Crippen LogP contribution in [0, 0.1) is 0 Å². The molecule has 3 N–H and O–H groups in total. The molecule has 0 aliphatic carbocycles. The molecular formula is C4H9Ca2NO7P2. The summed E-state index contributed by atoms with van der Waals surface area (Å²) in [6.45, 7) is -0.150. The number of nitrogens with two attached hydrogens (primary N) is 1. The average molecular weight is 325 g/mol. The Kier molecular flexibility index (Phi) is 13.1. The minimum atomic E-state index is -5.93. The summed E-state index contributed by atoms with van der Waals surface area (Å²) in [5, 5.41) is 5.22. The summed E-state index contributed by atoms with van der Waals surface area (Å²) in [7, 11) is -11.9. The van der Waals surface area contributed by atoms with E-state index in [1.807, 2.05) is 0 Å². The number of hydrogen-bond donors (Lipinski definition) is 2. The molecule has 0 aliphatic rings. The summed E-state index contributed by atoms with van der Waals surface area (Å²) in [6.07, 6.45) is -1.27. The van der Waals surface area contributed by atoms with E-state index < -0.39 is 26.7 Å². The molecule has 0 rings (SSSR count). The van der Waals surface area contributed by atoms with Gasteiger partial charge in [-0.15, -0.1) is 0 Å². The van der Waals surface area contributed by atoms with Crippen LogP contribution in [0.25, 0.3) is 0 Å². The third-order valence-electron chi connectivity index (χ3n) is 1.59. The quantitative estimate of drug-likeness (QED) is 0.375. The Hall–Kier alpha value is 2.74. The third-order valence-corrected chi connectivity index (χ3v) is 5.26. The third kappa shape index (κ3) is 6.26. The zero-order valence-corrected chi connectivity index (χ0v) is 14.6. The minimum Gasteiger partial charge on any atom is -0.808 e. The van der Waals surface area contributed by atoms with E-state index >= 15 is 0 Å². The summed E-state index contributed by atoms with van der Waals surface area (Å²) in [4.78, 5) is 41.7. The van der Waals surface area contributed by atoms with E-state index in [2.05, 4.69) is 0 Å².